The largest absolute Gasteiger partial charge is 0.364 e. The van der Waals surface area contributed by atoms with Gasteiger partial charge in [-0.1, -0.05) is 55.0 Å². The number of halogens is 2. The van der Waals surface area contributed by atoms with Crippen LogP contribution in [0, 0.1) is 11.6 Å². The number of benzene rings is 3. The molecule has 372 valence electrons. The number of imidazole rings is 2. The highest BCUT2D eigenvalue weighted by Crippen LogP contribution is 2.29. The number of aryl methyl sites for hydroxylation is 2. The monoisotopic (exact) mass is 981 g/mol. The molecule has 17 heteroatoms. The molecule has 6 N–H and O–H groups in total. The lowest BCUT2D eigenvalue weighted by molar-refractivity contribution is 0.0937. The van der Waals surface area contributed by atoms with Crippen LogP contribution in [0.1, 0.15) is 81.1 Å². The Morgan fingerprint density at radius 1 is 0.507 bits per heavy atom. The average Bonchev–Trinajstić information content (AvgIpc) is 4.17. The third kappa shape index (κ3) is 13.9. The van der Waals surface area contributed by atoms with Gasteiger partial charge in [-0.15, -0.1) is 0 Å². The molecular weight excluding hydrogens is 925 g/mol. The molecule has 1 aliphatic heterocycles. The summed E-state index contributed by atoms with van der Waals surface area (Å²) in [7, 11) is 0. The number of pyridine rings is 4. The fourth-order valence-corrected chi connectivity index (χ4v) is 8.59. The van der Waals surface area contributed by atoms with E-state index in [0.717, 1.165) is 121 Å². The fraction of sp³-hybridized carbons (Fsp3) is 0.250. The maximum absolute atomic E-state index is 13.9. The number of nitrogens with one attached hydrogen (secondary N) is 6. The van der Waals surface area contributed by atoms with Gasteiger partial charge in [0, 0.05) is 62.7 Å². The zero-order valence-electron chi connectivity index (χ0n) is 40.3. The van der Waals surface area contributed by atoms with Crippen molar-refractivity contribution in [1.82, 2.24) is 55.4 Å². The van der Waals surface area contributed by atoms with E-state index in [1.807, 2.05) is 84.9 Å². The highest BCUT2D eigenvalue weighted by molar-refractivity contribution is 5.92. The molecule has 7 heterocycles. The van der Waals surface area contributed by atoms with Crippen molar-refractivity contribution < 1.29 is 18.4 Å². The van der Waals surface area contributed by atoms with Crippen LogP contribution in [0.5, 0.6) is 0 Å². The van der Waals surface area contributed by atoms with Crippen molar-refractivity contribution in [2.75, 3.05) is 30.3 Å². The van der Waals surface area contributed by atoms with Crippen molar-refractivity contribution in [2.24, 2.45) is 0 Å². The number of aromatic amines is 2. The highest BCUT2D eigenvalue weighted by Gasteiger charge is 2.20. The van der Waals surface area contributed by atoms with Gasteiger partial charge in [-0.3, -0.25) is 19.6 Å². The van der Waals surface area contributed by atoms with E-state index in [1.165, 1.54) is 36.7 Å². The van der Waals surface area contributed by atoms with Gasteiger partial charge in [0.15, 0.2) is 0 Å². The number of hydrogen-bond acceptors (Lipinski definition) is 11. The number of rotatable bonds is 21. The summed E-state index contributed by atoms with van der Waals surface area (Å²) >= 11 is 0. The number of amides is 2. The molecule has 0 saturated carbocycles. The summed E-state index contributed by atoms with van der Waals surface area (Å²) in [5.74, 6) is 0.397. The van der Waals surface area contributed by atoms with Crippen LogP contribution in [-0.2, 0) is 38.8 Å². The zero-order valence-corrected chi connectivity index (χ0v) is 40.3. The smallest absolute Gasteiger partial charge is 0.270 e. The number of nitrogens with zero attached hydrogens (tertiary/aromatic N) is 7. The van der Waals surface area contributed by atoms with E-state index < -0.39 is 11.6 Å². The van der Waals surface area contributed by atoms with Crippen molar-refractivity contribution in [3.05, 3.63) is 203 Å². The van der Waals surface area contributed by atoms with Crippen LogP contribution < -0.4 is 21.3 Å². The van der Waals surface area contributed by atoms with E-state index >= 15 is 0 Å². The number of unbranched alkanes of at least 4 members (excludes halogenated alkanes) is 2. The summed E-state index contributed by atoms with van der Waals surface area (Å²) < 4.78 is 27.5. The van der Waals surface area contributed by atoms with Crippen LogP contribution in [0.3, 0.4) is 0 Å². The molecule has 15 nitrogen and oxygen atoms in total. The Bertz CT molecular complexity index is 3180. The molecule has 6 aromatic heterocycles. The van der Waals surface area contributed by atoms with E-state index in [2.05, 4.69) is 73.2 Å². The van der Waals surface area contributed by atoms with Crippen LogP contribution >= 0.6 is 0 Å². The lowest BCUT2D eigenvalue weighted by Gasteiger charge is -2.24. The minimum atomic E-state index is -0.450. The van der Waals surface area contributed by atoms with E-state index in [0.29, 0.717) is 17.8 Å². The molecule has 0 aliphatic carbocycles. The first-order chi connectivity index (χ1) is 35.8. The van der Waals surface area contributed by atoms with Crippen molar-refractivity contribution >= 4 is 45.3 Å². The Balaban J connectivity index is 0.000000188. The summed E-state index contributed by atoms with van der Waals surface area (Å²) in [6, 6.07) is 40.9. The standard InChI is InChI=1S/C32H33FN8O.C24H24FN5O/c33-23-8-6-17-34-29(23)21-35-32(42)28-13-5-7-22(36-28)14-18-41(19-15-30-37-24-9-1-2-10-25(24)38-30)20-16-31-39-26-11-3-4-12-27(26)40-31;25-18-10-7-15-26-22(18)16-27-24(31)21-13-6-9-17(28-21)8-2-1-3-14-23-29-19-11-4-5-12-20(19)30-23/h1-13,17,30,37-38H,14-16,18-21H2,(H,35,42)(H,39,40);4-7,9-13,15H,1-3,8,14,16H2,(H,27,31)(H,29,30). The van der Waals surface area contributed by atoms with Gasteiger partial charge in [0.05, 0.1) is 64.1 Å². The third-order valence-corrected chi connectivity index (χ3v) is 12.5. The minimum Gasteiger partial charge on any atom is -0.364 e. The van der Waals surface area contributed by atoms with Crippen molar-refractivity contribution in [1.29, 1.82) is 0 Å². The van der Waals surface area contributed by atoms with Crippen molar-refractivity contribution in [3.63, 3.8) is 0 Å². The van der Waals surface area contributed by atoms with Crippen LogP contribution in [-0.4, -0.2) is 82.4 Å². The predicted octanol–water partition coefficient (Wildman–Crippen LogP) is 9.14. The maximum Gasteiger partial charge on any atom is 0.270 e. The van der Waals surface area contributed by atoms with Crippen LogP contribution in [0.15, 0.2) is 146 Å². The Morgan fingerprint density at radius 3 is 1.58 bits per heavy atom. The molecule has 2 amide bonds. The minimum absolute atomic E-state index is 0.0000876. The SMILES string of the molecule is O=C(NCc1ncccc1F)c1cccc(CCCCCc2nc3ccccc3[nH]2)n1.O=C(NCc1ncccc1F)c1cccc(CCN(CCc2nc3ccccc3[nH]2)CCC2Nc3ccccc3N2)n1. The Hall–Kier alpha value is -8.44. The molecule has 0 atom stereocenters. The molecule has 73 heavy (non-hydrogen) atoms. The van der Waals surface area contributed by atoms with Gasteiger partial charge in [0.2, 0.25) is 0 Å². The zero-order chi connectivity index (χ0) is 50.2. The fourth-order valence-electron chi connectivity index (χ4n) is 8.59. The Kier molecular flexibility index (Phi) is 16.7. The number of H-pyrrole nitrogens is 2. The molecule has 9 aromatic rings. The van der Waals surface area contributed by atoms with Gasteiger partial charge < -0.3 is 36.1 Å². The molecule has 0 bridgehead atoms. The molecular formula is C56H57F2N13O2. The van der Waals surface area contributed by atoms with Gasteiger partial charge in [-0.05, 0) is 111 Å². The molecule has 10 rings (SSSR count). The number of para-hydroxylation sites is 6. The normalized spacial score (nSPS) is 12.0. The lowest BCUT2D eigenvalue weighted by atomic mass is 10.1. The Labute approximate surface area is 421 Å². The van der Waals surface area contributed by atoms with Crippen LogP contribution in [0.2, 0.25) is 0 Å². The van der Waals surface area contributed by atoms with Gasteiger partial charge >= 0.3 is 0 Å². The van der Waals surface area contributed by atoms with E-state index in [9.17, 15) is 18.4 Å². The van der Waals surface area contributed by atoms with Crippen molar-refractivity contribution in [2.45, 2.75) is 70.6 Å². The summed E-state index contributed by atoms with van der Waals surface area (Å²) in [4.78, 5) is 60.6. The predicted molar refractivity (Wildman–Crippen MR) is 279 cm³/mol. The number of aromatic nitrogens is 8. The average molecular weight is 982 g/mol. The molecule has 0 saturated heterocycles. The first-order valence-electron chi connectivity index (χ1n) is 24.7. The Morgan fingerprint density at radius 2 is 1.01 bits per heavy atom. The summed E-state index contributed by atoms with van der Waals surface area (Å²) in [5.41, 5.74) is 9.07. The number of carbonyl (C=O) groups excluding carboxylic acids is 2. The van der Waals surface area contributed by atoms with Gasteiger partial charge in [0.25, 0.3) is 11.8 Å². The molecule has 0 fully saturated rings. The second-order valence-electron chi connectivity index (χ2n) is 17.7. The third-order valence-electron chi connectivity index (χ3n) is 12.5. The number of hydrogen-bond donors (Lipinski definition) is 6. The molecule has 0 spiro atoms. The number of fused-ring (bicyclic) bond motifs is 3. The molecule has 0 unspecified atom stereocenters. The lowest BCUT2D eigenvalue weighted by Crippen LogP contribution is -2.34. The van der Waals surface area contributed by atoms with Crippen LogP contribution in [0.4, 0.5) is 20.2 Å². The summed E-state index contributed by atoms with van der Waals surface area (Å²) in [5, 5.41) is 12.5. The first kappa shape index (κ1) is 49.5. The first-order valence-corrected chi connectivity index (χ1v) is 24.7. The van der Waals surface area contributed by atoms with Crippen LogP contribution in [0.25, 0.3) is 22.1 Å². The van der Waals surface area contributed by atoms with Crippen molar-refractivity contribution in [3.8, 4) is 0 Å². The second-order valence-corrected chi connectivity index (χ2v) is 17.7. The van der Waals surface area contributed by atoms with E-state index in [4.69, 9.17) is 4.98 Å². The highest BCUT2D eigenvalue weighted by atomic mass is 19.1. The molecule has 0 radical (unpaired) electrons. The van der Waals surface area contributed by atoms with E-state index in [-0.39, 0.29) is 42.5 Å². The maximum atomic E-state index is 13.9. The number of anilines is 2. The summed E-state index contributed by atoms with van der Waals surface area (Å²) in [6.07, 6.45) is 10.3. The molecule has 1 aliphatic rings. The van der Waals surface area contributed by atoms with E-state index in [1.54, 1.807) is 12.1 Å². The second kappa shape index (κ2) is 24.6. The quantitative estimate of drug-likeness (QED) is 0.0376. The molecule has 3 aromatic carbocycles. The topological polar surface area (TPSA) is 194 Å². The van der Waals surface area contributed by atoms with Gasteiger partial charge in [-0.25, -0.2) is 28.7 Å². The van der Waals surface area contributed by atoms with Gasteiger partial charge in [0.1, 0.15) is 34.7 Å². The number of carbonyl (C=O) groups is 2. The summed E-state index contributed by atoms with van der Waals surface area (Å²) in [6.45, 7) is 2.50. The van der Waals surface area contributed by atoms with Gasteiger partial charge in [-0.2, -0.15) is 0 Å².